The number of alkyl halides is 3. The van der Waals surface area contributed by atoms with Crippen LogP contribution < -0.4 is 0 Å². The summed E-state index contributed by atoms with van der Waals surface area (Å²) in [5.74, 6) is 0. The molecule has 26 heavy (non-hydrogen) atoms. The van der Waals surface area contributed by atoms with Crippen LogP contribution in [0.3, 0.4) is 0 Å². The van der Waals surface area contributed by atoms with E-state index >= 15 is 0 Å². The molecule has 2 aliphatic heterocycles. The summed E-state index contributed by atoms with van der Waals surface area (Å²) in [7, 11) is -4.04. The maximum absolute atomic E-state index is 12.7. The Kier molecular flexibility index (Phi) is 5.78. The van der Waals surface area contributed by atoms with Crippen LogP contribution in [0.2, 0.25) is 5.02 Å². The van der Waals surface area contributed by atoms with E-state index in [4.69, 9.17) is 16.3 Å². The molecule has 0 saturated carbocycles. The molecule has 3 heterocycles. The number of rotatable bonds is 3. The van der Waals surface area contributed by atoms with Crippen LogP contribution in [0.1, 0.15) is 18.4 Å². The minimum Gasteiger partial charge on any atom is -0.381 e. The monoisotopic (exact) mass is 413 g/mol. The average molecular weight is 414 g/mol. The highest BCUT2D eigenvalue weighted by Gasteiger charge is 2.36. The van der Waals surface area contributed by atoms with E-state index in [1.807, 2.05) is 0 Å². The van der Waals surface area contributed by atoms with Gasteiger partial charge in [0, 0.05) is 51.6 Å². The van der Waals surface area contributed by atoms with E-state index < -0.39 is 31.8 Å². The fraction of sp³-hybridized carbons (Fsp3) is 0.667. The zero-order valence-corrected chi connectivity index (χ0v) is 15.4. The molecule has 1 aromatic heterocycles. The first kappa shape index (κ1) is 19.8. The number of aromatic nitrogens is 1. The van der Waals surface area contributed by atoms with Crippen molar-refractivity contribution in [2.75, 3.05) is 39.4 Å². The van der Waals surface area contributed by atoms with Crippen molar-refractivity contribution in [1.29, 1.82) is 0 Å². The highest BCUT2D eigenvalue weighted by atomic mass is 35.5. The molecule has 2 fully saturated rings. The van der Waals surface area contributed by atoms with Crippen LogP contribution in [0, 0.1) is 0 Å². The van der Waals surface area contributed by atoms with Crippen molar-refractivity contribution in [1.82, 2.24) is 14.2 Å². The van der Waals surface area contributed by atoms with E-state index in [1.54, 1.807) is 0 Å². The predicted molar refractivity (Wildman–Crippen MR) is 88.4 cm³/mol. The molecule has 0 N–H and O–H groups in total. The van der Waals surface area contributed by atoms with E-state index in [1.165, 1.54) is 4.31 Å². The molecule has 0 bridgehead atoms. The van der Waals surface area contributed by atoms with Crippen LogP contribution in [0.4, 0.5) is 13.2 Å². The molecule has 3 rings (SSSR count). The summed E-state index contributed by atoms with van der Waals surface area (Å²) in [5, 5.41) is -1.06. The van der Waals surface area contributed by atoms with Crippen LogP contribution in [-0.2, 0) is 20.9 Å². The molecule has 0 atom stereocenters. The molecule has 2 aliphatic rings. The van der Waals surface area contributed by atoms with Gasteiger partial charge in [0.1, 0.15) is 0 Å². The smallest absolute Gasteiger partial charge is 0.381 e. The molecule has 0 unspecified atom stereocenters. The highest BCUT2D eigenvalue weighted by molar-refractivity contribution is 7.89. The quantitative estimate of drug-likeness (QED) is 0.760. The van der Waals surface area contributed by atoms with Crippen LogP contribution >= 0.6 is 11.6 Å². The molecule has 1 aromatic rings. The molecule has 2 saturated heterocycles. The Bertz CT molecular complexity index is 746. The van der Waals surface area contributed by atoms with E-state index in [0.717, 1.165) is 12.8 Å². The minimum atomic E-state index is -4.63. The number of piperazine rings is 1. The molecule has 0 aliphatic carbocycles. The van der Waals surface area contributed by atoms with Crippen LogP contribution in [0.15, 0.2) is 17.3 Å². The van der Waals surface area contributed by atoms with Gasteiger partial charge >= 0.3 is 6.18 Å². The Balaban J connectivity index is 1.71. The lowest BCUT2D eigenvalue weighted by Crippen LogP contribution is -2.53. The Morgan fingerprint density at radius 2 is 1.77 bits per heavy atom. The second kappa shape index (κ2) is 7.59. The number of hydrogen-bond acceptors (Lipinski definition) is 5. The van der Waals surface area contributed by atoms with Crippen LogP contribution in [-0.4, -0.2) is 68.0 Å². The summed E-state index contributed by atoms with van der Waals surface area (Å²) in [5.41, 5.74) is -1.08. The largest absolute Gasteiger partial charge is 0.417 e. The van der Waals surface area contributed by atoms with E-state index in [0.29, 0.717) is 44.6 Å². The minimum absolute atomic E-state index is 0.249. The maximum Gasteiger partial charge on any atom is 0.417 e. The maximum atomic E-state index is 12.7. The van der Waals surface area contributed by atoms with Gasteiger partial charge in [-0.25, -0.2) is 13.4 Å². The van der Waals surface area contributed by atoms with Crippen molar-refractivity contribution in [3.8, 4) is 0 Å². The Morgan fingerprint density at radius 1 is 1.15 bits per heavy atom. The summed E-state index contributed by atoms with van der Waals surface area (Å²) >= 11 is 5.80. The standard InChI is InChI=1S/C15H19ClF3N3O3S/c16-13-9-11(15(17,18)19)10-20-14(13)26(23,24)22-5-3-21(4-6-22)12-1-7-25-8-2-12/h9-10,12H,1-8H2. The summed E-state index contributed by atoms with van der Waals surface area (Å²) < 4.78 is 70.1. The second-order valence-electron chi connectivity index (χ2n) is 6.29. The van der Waals surface area contributed by atoms with Gasteiger partial charge in [-0.1, -0.05) is 11.6 Å². The second-order valence-corrected chi connectivity index (χ2v) is 8.55. The summed E-state index contributed by atoms with van der Waals surface area (Å²) in [6, 6.07) is 0.973. The van der Waals surface area contributed by atoms with Gasteiger partial charge in [0.2, 0.25) is 0 Å². The first-order valence-electron chi connectivity index (χ1n) is 8.24. The Morgan fingerprint density at radius 3 is 2.31 bits per heavy atom. The van der Waals surface area contributed by atoms with E-state index in [9.17, 15) is 21.6 Å². The van der Waals surface area contributed by atoms with Gasteiger partial charge in [-0.15, -0.1) is 0 Å². The van der Waals surface area contributed by atoms with Crippen molar-refractivity contribution in [3.63, 3.8) is 0 Å². The predicted octanol–water partition coefficient (Wildman–Crippen LogP) is 2.24. The number of nitrogens with zero attached hydrogens (tertiary/aromatic N) is 3. The zero-order valence-electron chi connectivity index (χ0n) is 13.9. The van der Waals surface area contributed by atoms with Crippen molar-refractivity contribution < 1.29 is 26.3 Å². The molecule has 0 radical (unpaired) electrons. The van der Waals surface area contributed by atoms with Gasteiger partial charge in [0.15, 0.2) is 5.03 Å². The average Bonchev–Trinajstić information content (AvgIpc) is 2.61. The highest BCUT2D eigenvalue weighted by Crippen LogP contribution is 2.33. The van der Waals surface area contributed by atoms with Crippen molar-refractivity contribution in [3.05, 3.63) is 22.8 Å². The van der Waals surface area contributed by atoms with Crippen molar-refractivity contribution >= 4 is 21.6 Å². The lowest BCUT2D eigenvalue weighted by Gasteiger charge is -2.40. The van der Waals surface area contributed by atoms with Gasteiger partial charge in [-0.3, -0.25) is 4.90 Å². The summed E-state index contributed by atoms with van der Waals surface area (Å²) in [6.45, 7) is 3.02. The third-order valence-corrected chi connectivity index (χ3v) is 6.96. The zero-order chi connectivity index (χ0) is 18.9. The lowest BCUT2D eigenvalue weighted by atomic mass is 10.1. The molecular formula is C15H19ClF3N3O3S. The Hall–Kier alpha value is -0.940. The molecule has 11 heteroatoms. The summed E-state index contributed by atoms with van der Waals surface area (Å²) in [4.78, 5) is 5.72. The molecule has 6 nitrogen and oxygen atoms in total. The molecular weight excluding hydrogens is 395 g/mol. The number of sulfonamides is 1. The third kappa shape index (κ3) is 4.14. The fourth-order valence-corrected chi connectivity index (χ4v) is 5.09. The third-order valence-electron chi connectivity index (χ3n) is 4.70. The van der Waals surface area contributed by atoms with Gasteiger partial charge in [-0.05, 0) is 18.9 Å². The molecule has 0 spiro atoms. The number of ether oxygens (including phenoxy) is 1. The molecule has 146 valence electrons. The number of hydrogen-bond donors (Lipinski definition) is 0. The van der Waals surface area contributed by atoms with Gasteiger partial charge in [0.05, 0.1) is 10.6 Å². The van der Waals surface area contributed by atoms with Crippen molar-refractivity contribution in [2.45, 2.75) is 30.1 Å². The normalized spacial score (nSPS) is 21.8. The van der Waals surface area contributed by atoms with Gasteiger partial charge in [-0.2, -0.15) is 17.5 Å². The molecule has 0 amide bonds. The molecule has 0 aromatic carbocycles. The lowest BCUT2D eigenvalue weighted by molar-refractivity contribution is -0.137. The fourth-order valence-electron chi connectivity index (χ4n) is 3.25. The first-order chi connectivity index (χ1) is 12.2. The SMILES string of the molecule is O=S(=O)(c1ncc(C(F)(F)F)cc1Cl)N1CCN(C2CCOCC2)CC1. The number of pyridine rings is 1. The first-order valence-corrected chi connectivity index (χ1v) is 10.1. The van der Waals surface area contributed by atoms with Gasteiger partial charge in [0.25, 0.3) is 10.0 Å². The topological polar surface area (TPSA) is 62.7 Å². The summed E-state index contributed by atoms with van der Waals surface area (Å²) in [6.07, 6.45) is -2.30. The van der Waals surface area contributed by atoms with E-state index in [-0.39, 0.29) is 13.1 Å². The number of halogens is 4. The van der Waals surface area contributed by atoms with Gasteiger partial charge < -0.3 is 4.74 Å². The Labute approximate surface area is 154 Å². The van der Waals surface area contributed by atoms with Crippen molar-refractivity contribution in [2.24, 2.45) is 0 Å². The van der Waals surface area contributed by atoms with E-state index in [2.05, 4.69) is 9.88 Å². The van der Waals surface area contributed by atoms with Crippen LogP contribution in [0.25, 0.3) is 0 Å². The van der Waals surface area contributed by atoms with Crippen LogP contribution in [0.5, 0.6) is 0 Å².